The van der Waals surface area contributed by atoms with Crippen molar-refractivity contribution in [3.63, 3.8) is 0 Å². The van der Waals surface area contributed by atoms with Gasteiger partial charge in [0, 0.05) is 25.2 Å². The number of cyclic esters (lactones) is 1. The zero-order valence-corrected chi connectivity index (χ0v) is 17.9. The van der Waals surface area contributed by atoms with Crippen molar-refractivity contribution in [1.82, 2.24) is 19.7 Å². The summed E-state index contributed by atoms with van der Waals surface area (Å²) < 4.78 is 36.9. The Balaban J connectivity index is 1.28. The van der Waals surface area contributed by atoms with Crippen molar-refractivity contribution in [2.45, 2.75) is 25.6 Å². The van der Waals surface area contributed by atoms with E-state index in [1.165, 1.54) is 35.3 Å². The minimum atomic E-state index is -0.680. The van der Waals surface area contributed by atoms with Crippen LogP contribution in [0.5, 0.6) is 0 Å². The van der Waals surface area contributed by atoms with Gasteiger partial charge >= 0.3 is 6.09 Å². The quantitative estimate of drug-likeness (QED) is 0.569. The fourth-order valence-corrected chi connectivity index (χ4v) is 4.31. The molecule has 1 aromatic heterocycles. The van der Waals surface area contributed by atoms with E-state index in [4.69, 9.17) is 4.74 Å². The van der Waals surface area contributed by atoms with Gasteiger partial charge in [-0.1, -0.05) is 36.4 Å². The molecule has 3 heterocycles. The van der Waals surface area contributed by atoms with Crippen LogP contribution in [0.2, 0.25) is 0 Å². The van der Waals surface area contributed by atoms with Crippen LogP contribution in [0.1, 0.15) is 17.5 Å². The van der Waals surface area contributed by atoms with Crippen LogP contribution in [0.3, 0.4) is 0 Å². The highest BCUT2D eigenvalue weighted by molar-refractivity contribution is 5.90. The SMILES string of the molecule is O=C1O[C@@H](Cn2cncn2)CN1c1cc(F)c(C2=CCN(Cc3ccccc3)CC2)c(F)c1. The summed E-state index contributed by atoms with van der Waals surface area (Å²) in [6, 6.07) is 12.5. The number of carbonyl (C=O) groups is 1. The molecule has 1 amide bonds. The Morgan fingerprint density at radius 3 is 2.58 bits per heavy atom. The maximum Gasteiger partial charge on any atom is 0.414 e. The van der Waals surface area contributed by atoms with Gasteiger partial charge in [0.25, 0.3) is 0 Å². The van der Waals surface area contributed by atoms with Gasteiger partial charge in [0.2, 0.25) is 0 Å². The molecule has 0 spiro atoms. The number of anilines is 1. The first-order valence-corrected chi connectivity index (χ1v) is 10.8. The molecule has 0 N–H and O–H groups in total. The Bertz CT molecular complexity index is 1140. The largest absolute Gasteiger partial charge is 0.442 e. The highest BCUT2D eigenvalue weighted by Crippen LogP contribution is 2.32. The summed E-state index contributed by atoms with van der Waals surface area (Å²) in [7, 11) is 0. The van der Waals surface area contributed by atoms with Crippen LogP contribution in [-0.2, 0) is 17.8 Å². The molecule has 1 fully saturated rings. The molecule has 7 nitrogen and oxygen atoms in total. The summed E-state index contributed by atoms with van der Waals surface area (Å²) in [6.45, 7) is 2.62. The van der Waals surface area contributed by atoms with E-state index in [0.29, 0.717) is 31.6 Å². The third kappa shape index (κ3) is 4.63. The molecule has 2 aliphatic heterocycles. The minimum absolute atomic E-state index is 0.0233. The molecule has 33 heavy (non-hydrogen) atoms. The highest BCUT2D eigenvalue weighted by Gasteiger charge is 2.34. The van der Waals surface area contributed by atoms with Crippen molar-refractivity contribution >= 4 is 17.4 Å². The van der Waals surface area contributed by atoms with Gasteiger partial charge in [-0.25, -0.2) is 23.2 Å². The number of ether oxygens (including phenoxy) is 1. The molecule has 1 atom stereocenters. The van der Waals surface area contributed by atoms with E-state index in [1.807, 2.05) is 24.3 Å². The zero-order chi connectivity index (χ0) is 22.8. The van der Waals surface area contributed by atoms with Crippen molar-refractivity contribution in [1.29, 1.82) is 0 Å². The topological polar surface area (TPSA) is 63.5 Å². The number of carbonyl (C=O) groups excluding carboxylic acids is 1. The molecule has 0 radical (unpaired) electrons. The van der Waals surface area contributed by atoms with Gasteiger partial charge in [-0.3, -0.25) is 9.80 Å². The number of halogens is 2. The zero-order valence-electron chi connectivity index (χ0n) is 17.9. The monoisotopic (exact) mass is 451 g/mol. The second kappa shape index (κ2) is 9.11. The third-order valence-corrected chi connectivity index (χ3v) is 5.93. The predicted octanol–water partition coefficient (Wildman–Crippen LogP) is 3.87. The molecule has 5 rings (SSSR count). The molecule has 0 bridgehead atoms. The van der Waals surface area contributed by atoms with E-state index >= 15 is 8.78 Å². The lowest BCUT2D eigenvalue weighted by molar-refractivity contribution is 0.129. The van der Waals surface area contributed by atoms with E-state index in [0.717, 1.165) is 6.54 Å². The number of hydrogen-bond acceptors (Lipinski definition) is 5. The van der Waals surface area contributed by atoms with Crippen LogP contribution >= 0.6 is 0 Å². The van der Waals surface area contributed by atoms with Gasteiger partial charge < -0.3 is 4.74 Å². The van der Waals surface area contributed by atoms with Crippen LogP contribution in [0.25, 0.3) is 5.57 Å². The molecular weight excluding hydrogens is 428 g/mol. The van der Waals surface area contributed by atoms with E-state index in [-0.39, 0.29) is 17.8 Å². The Kier molecular flexibility index (Phi) is 5.87. The lowest BCUT2D eigenvalue weighted by atomic mass is 9.97. The maximum atomic E-state index is 15.0. The lowest BCUT2D eigenvalue weighted by Crippen LogP contribution is -2.28. The Hall–Kier alpha value is -3.59. The van der Waals surface area contributed by atoms with Gasteiger partial charge in [0.15, 0.2) is 0 Å². The van der Waals surface area contributed by atoms with Crippen LogP contribution in [0, 0.1) is 11.6 Å². The average molecular weight is 451 g/mol. The Morgan fingerprint density at radius 1 is 1.12 bits per heavy atom. The summed E-state index contributed by atoms with van der Waals surface area (Å²) in [4.78, 5) is 19.6. The molecule has 0 unspecified atom stereocenters. The smallest absolute Gasteiger partial charge is 0.414 e. The van der Waals surface area contributed by atoms with E-state index in [1.54, 1.807) is 4.68 Å². The summed E-state index contributed by atoms with van der Waals surface area (Å²) in [5.74, 6) is -1.36. The molecule has 9 heteroatoms. The van der Waals surface area contributed by atoms with Crippen molar-refractivity contribution < 1.29 is 18.3 Å². The lowest BCUT2D eigenvalue weighted by Gasteiger charge is -2.27. The second-order valence-corrected chi connectivity index (χ2v) is 8.22. The van der Waals surface area contributed by atoms with Gasteiger partial charge in [-0.2, -0.15) is 5.10 Å². The number of amides is 1. The first-order valence-electron chi connectivity index (χ1n) is 10.8. The predicted molar refractivity (Wildman–Crippen MR) is 118 cm³/mol. The van der Waals surface area contributed by atoms with Crippen LogP contribution < -0.4 is 4.90 Å². The number of nitrogens with zero attached hydrogens (tertiary/aromatic N) is 5. The number of benzene rings is 2. The second-order valence-electron chi connectivity index (χ2n) is 8.22. The van der Waals surface area contributed by atoms with E-state index in [2.05, 4.69) is 27.1 Å². The normalized spacial score (nSPS) is 19.0. The average Bonchev–Trinajstić information content (AvgIpc) is 3.45. The molecule has 2 aliphatic rings. The van der Waals surface area contributed by atoms with Crippen LogP contribution in [-0.4, -0.2) is 51.5 Å². The molecule has 1 saturated heterocycles. The minimum Gasteiger partial charge on any atom is -0.442 e. The Labute approximate surface area is 189 Å². The van der Waals surface area contributed by atoms with Crippen LogP contribution in [0.15, 0.2) is 61.2 Å². The molecule has 2 aromatic carbocycles. The van der Waals surface area contributed by atoms with E-state index < -0.39 is 23.8 Å². The summed E-state index contributed by atoms with van der Waals surface area (Å²) in [6.07, 6.45) is 4.21. The molecule has 170 valence electrons. The standard InChI is InChI=1S/C24H23F2N5O2/c25-21-10-19(31-14-20(33-24(31)32)13-30-16-27-15-28-30)11-22(26)23(21)18-6-8-29(9-7-18)12-17-4-2-1-3-5-17/h1-6,10-11,15-16,20H,7-9,12-14H2/t20-/m0/s1. The first kappa shape index (κ1) is 21.3. The fraction of sp³-hybridized carbons (Fsp3) is 0.292. The third-order valence-electron chi connectivity index (χ3n) is 5.93. The molecular formula is C24H23F2N5O2. The van der Waals surface area contributed by atoms with Gasteiger partial charge in [0.1, 0.15) is 30.4 Å². The first-order chi connectivity index (χ1) is 16.1. The number of hydrogen-bond donors (Lipinski definition) is 0. The summed E-state index contributed by atoms with van der Waals surface area (Å²) in [5.41, 5.74) is 1.97. The van der Waals surface area contributed by atoms with E-state index in [9.17, 15) is 4.79 Å². The fourth-order valence-electron chi connectivity index (χ4n) is 4.31. The van der Waals surface area contributed by atoms with Crippen LogP contribution in [0.4, 0.5) is 19.3 Å². The summed E-state index contributed by atoms with van der Waals surface area (Å²) >= 11 is 0. The number of rotatable bonds is 6. The molecule has 0 aliphatic carbocycles. The number of aromatic nitrogens is 3. The summed E-state index contributed by atoms with van der Waals surface area (Å²) in [5, 5.41) is 3.99. The van der Waals surface area contributed by atoms with Crippen molar-refractivity contribution in [3.05, 3.63) is 84.0 Å². The molecule has 0 saturated carbocycles. The highest BCUT2D eigenvalue weighted by atomic mass is 19.1. The van der Waals surface area contributed by atoms with Gasteiger partial charge in [-0.05, 0) is 29.7 Å². The molecule has 3 aromatic rings. The van der Waals surface area contributed by atoms with Crippen molar-refractivity contribution in [2.24, 2.45) is 0 Å². The van der Waals surface area contributed by atoms with Crippen molar-refractivity contribution in [2.75, 3.05) is 24.5 Å². The van der Waals surface area contributed by atoms with Gasteiger partial charge in [0.05, 0.1) is 18.8 Å². The van der Waals surface area contributed by atoms with Crippen molar-refractivity contribution in [3.8, 4) is 0 Å². The maximum absolute atomic E-state index is 15.0. The van der Waals surface area contributed by atoms with Gasteiger partial charge in [-0.15, -0.1) is 0 Å². The Morgan fingerprint density at radius 2 is 1.91 bits per heavy atom.